The average Bonchev–Trinajstić information content (AvgIpc) is 2.29. The number of carbonyl (C=O) groups excluding carboxylic acids is 1. The number of thioether (sulfide) groups is 1. The summed E-state index contributed by atoms with van der Waals surface area (Å²) < 4.78 is 0.683. The summed E-state index contributed by atoms with van der Waals surface area (Å²) in [5.41, 5.74) is 0. The van der Waals surface area contributed by atoms with Gasteiger partial charge in [0.05, 0.1) is 4.91 Å². The first-order chi connectivity index (χ1) is 5.70. The van der Waals surface area contributed by atoms with Crippen molar-refractivity contribution in [3.8, 4) is 0 Å². The molecule has 1 heterocycles. The zero-order valence-corrected chi connectivity index (χ0v) is 8.80. The maximum absolute atomic E-state index is 11.5. The van der Waals surface area contributed by atoms with E-state index in [0.717, 1.165) is 11.3 Å². The lowest BCUT2D eigenvalue weighted by molar-refractivity contribution is -0.122. The predicted octanol–water partition coefficient (Wildman–Crippen LogP) is 2.16. The van der Waals surface area contributed by atoms with Crippen LogP contribution in [0.3, 0.4) is 0 Å². The van der Waals surface area contributed by atoms with Gasteiger partial charge in [0.1, 0.15) is 4.32 Å². The van der Waals surface area contributed by atoms with Crippen molar-refractivity contribution in [1.29, 1.82) is 0 Å². The van der Waals surface area contributed by atoms with Gasteiger partial charge < -0.3 is 0 Å². The van der Waals surface area contributed by atoms with Gasteiger partial charge in [0, 0.05) is 6.54 Å². The Morgan fingerprint density at radius 2 is 2.25 bits per heavy atom. The van der Waals surface area contributed by atoms with Gasteiger partial charge in [-0.2, -0.15) is 0 Å². The maximum atomic E-state index is 11.5. The van der Waals surface area contributed by atoms with Crippen molar-refractivity contribution < 1.29 is 4.79 Å². The number of thiocarbonyl (C=S) groups is 1. The molecule has 0 bridgehead atoms. The minimum atomic E-state index is 0.0642. The molecule has 1 fully saturated rings. The normalized spacial score (nSPS) is 21.2. The monoisotopic (exact) mass is 201 g/mol. The largest absolute Gasteiger partial charge is 0.293 e. The lowest BCUT2D eigenvalue weighted by Gasteiger charge is -2.09. The maximum Gasteiger partial charge on any atom is 0.265 e. The van der Waals surface area contributed by atoms with Crippen molar-refractivity contribution in [3.05, 3.63) is 11.0 Å². The van der Waals surface area contributed by atoms with E-state index in [-0.39, 0.29) is 5.91 Å². The SMILES string of the molecule is CC/C=C1\SC(=S)N(CC)C1=O. The Kier molecular flexibility index (Phi) is 3.29. The third-order valence-electron chi connectivity index (χ3n) is 1.58. The van der Waals surface area contributed by atoms with E-state index in [1.807, 2.05) is 19.9 Å². The fraction of sp³-hybridized carbons (Fsp3) is 0.500. The molecule has 1 aliphatic rings. The van der Waals surface area contributed by atoms with Crippen molar-refractivity contribution in [1.82, 2.24) is 4.90 Å². The highest BCUT2D eigenvalue weighted by molar-refractivity contribution is 8.26. The summed E-state index contributed by atoms with van der Waals surface area (Å²) in [7, 11) is 0. The van der Waals surface area contributed by atoms with E-state index >= 15 is 0 Å². The molecule has 1 aliphatic heterocycles. The van der Waals surface area contributed by atoms with Gasteiger partial charge in [-0.15, -0.1) is 0 Å². The van der Waals surface area contributed by atoms with Crippen LogP contribution in [0.4, 0.5) is 0 Å². The molecule has 0 saturated carbocycles. The third-order valence-corrected chi connectivity index (χ3v) is 3.01. The first-order valence-corrected chi connectivity index (χ1v) is 5.17. The van der Waals surface area contributed by atoms with Gasteiger partial charge in [-0.25, -0.2) is 0 Å². The second-order valence-electron chi connectivity index (χ2n) is 2.39. The van der Waals surface area contributed by atoms with Crippen LogP contribution >= 0.6 is 24.0 Å². The zero-order chi connectivity index (χ0) is 9.14. The van der Waals surface area contributed by atoms with Crippen molar-refractivity contribution >= 4 is 34.2 Å². The lowest BCUT2D eigenvalue weighted by Crippen LogP contribution is -2.27. The summed E-state index contributed by atoms with van der Waals surface area (Å²) in [5.74, 6) is 0.0642. The number of likely N-dealkylation sites (N-methyl/N-ethyl adjacent to an activating group) is 1. The third kappa shape index (κ3) is 1.69. The molecule has 4 heteroatoms. The fourth-order valence-electron chi connectivity index (χ4n) is 0.996. The molecule has 1 saturated heterocycles. The van der Waals surface area contributed by atoms with Gasteiger partial charge in [-0.05, 0) is 13.3 Å². The minimum Gasteiger partial charge on any atom is -0.293 e. The molecular formula is C8H11NOS2. The first kappa shape index (κ1) is 9.74. The highest BCUT2D eigenvalue weighted by Gasteiger charge is 2.29. The Bertz CT molecular complexity index is 247. The van der Waals surface area contributed by atoms with Gasteiger partial charge in [0.25, 0.3) is 5.91 Å². The Balaban J connectivity index is 2.82. The molecule has 0 spiro atoms. The Labute approximate surface area is 82.0 Å². The number of rotatable bonds is 2. The van der Waals surface area contributed by atoms with Crippen molar-refractivity contribution in [2.24, 2.45) is 0 Å². The van der Waals surface area contributed by atoms with Gasteiger partial charge in [-0.1, -0.05) is 37.0 Å². The highest BCUT2D eigenvalue weighted by atomic mass is 32.2. The first-order valence-electron chi connectivity index (χ1n) is 3.94. The Hall–Kier alpha value is -0.350. The Morgan fingerprint density at radius 3 is 2.67 bits per heavy atom. The summed E-state index contributed by atoms with van der Waals surface area (Å²) in [6.07, 6.45) is 2.81. The second-order valence-corrected chi connectivity index (χ2v) is 4.07. The second kappa shape index (κ2) is 4.05. The standard InChI is InChI=1S/C8H11NOS2/c1-3-5-6-7(10)9(4-2)8(11)12-6/h5H,3-4H2,1-2H3/b6-5-. The van der Waals surface area contributed by atoms with E-state index in [2.05, 4.69) is 0 Å². The van der Waals surface area contributed by atoms with Crippen LogP contribution in [0.5, 0.6) is 0 Å². The molecule has 0 aromatic rings. The molecule has 12 heavy (non-hydrogen) atoms. The number of allylic oxidation sites excluding steroid dienone is 1. The molecule has 1 amide bonds. The van der Waals surface area contributed by atoms with E-state index < -0.39 is 0 Å². The molecule has 2 nitrogen and oxygen atoms in total. The molecule has 1 rings (SSSR count). The van der Waals surface area contributed by atoms with E-state index in [9.17, 15) is 4.79 Å². The number of hydrogen-bond donors (Lipinski definition) is 0. The van der Waals surface area contributed by atoms with Crippen LogP contribution < -0.4 is 0 Å². The van der Waals surface area contributed by atoms with Gasteiger partial charge in [0.2, 0.25) is 0 Å². The van der Waals surface area contributed by atoms with Crippen molar-refractivity contribution in [2.45, 2.75) is 20.3 Å². The van der Waals surface area contributed by atoms with E-state index in [0.29, 0.717) is 10.9 Å². The van der Waals surface area contributed by atoms with Crippen LogP contribution in [0.25, 0.3) is 0 Å². The topological polar surface area (TPSA) is 20.3 Å². The summed E-state index contributed by atoms with van der Waals surface area (Å²) in [6, 6.07) is 0. The zero-order valence-electron chi connectivity index (χ0n) is 7.16. The number of hydrogen-bond acceptors (Lipinski definition) is 3. The summed E-state index contributed by atoms with van der Waals surface area (Å²) in [6.45, 7) is 4.61. The van der Waals surface area contributed by atoms with Crippen LogP contribution in [0.15, 0.2) is 11.0 Å². The van der Waals surface area contributed by atoms with E-state index in [1.54, 1.807) is 4.90 Å². The van der Waals surface area contributed by atoms with E-state index in [4.69, 9.17) is 12.2 Å². The molecule has 0 radical (unpaired) electrons. The van der Waals surface area contributed by atoms with E-state index in [1.165, 1.54) is 11.8 Å². The summed E-state index contributed by atoms with van der Waals surface area (Å²) in [5, 5.41) is 0. The molecule has 0 unspecified atom stereocenters. The van der Waals surface area contributed by atoms with Crippen LogP contribution in [0.1, 0.15) is 20.3 Å². The molecule has 0 N–H and O–H groups in total. The highest BCUT2D eigenvalue weighted by Crippen LogP contribution is 2.30. The number of carbonyl (C=O) groups is 1. The van der Waals surface area contributed by atoms with Gasteiger partial charge in [-0.3, -0.25) is 9.69 Å². The predicted molar refractivity (Wildman–Crippen MR) is 56.0 cm³/mol. The fourth-order valence-corrected chi connectivity index (χ4v) is 2.44. The minimum absolute atomic E-state index is 0.0642. The number of amides is 1. The van der Waals surface area contributed by atoms with Gasteiger partial charge >= 0.3 is 0 Å². The van der Waals surface area contributed by atoms with Gasteiger partial charge in [0.15, 0.2) is 0 Å². The molecule has 0 atom stereocenters. The molecule has 0 aliphatic carbocycles. The number of nitrogens with zero attached hydrogens (tertiary/aromatic N) is 1. The molecule has 0 aromatic heterocycles. The summed E-state index contributed by atoms with van der Waals surface area (Å²) >= 11 is 6.44. The van der Waals surface area contributed by atoms with Crippen LogP contribution in [-0.2, 0) is 4.79 Å². The molecule has 0 aromatic carbocycles. The van der Waals surface area contributed by atoms with Crippen molar-refractivity contribution in [2.75, 3.05) is 6.54 Å². The average molecular weight is 201 g/mol. The summed E-state index contributed by atoms with van der Waals surface area (Å²) in [4.78, 5) is 13.9. The smallest absolute Gasteiger partial charge is 0.265 e. The van der Waals surface area contributed by atoms with Crippen LogP contribution in [-0.4, -0.2) is 21.7 Å². The quantitative estimate of drug-likeness (QED) is 0.504. The molecular weight excluding hydrogens is 190 g/mol. The van der Waals surface area contributed by atoms with Crippen LogP contribution in [0, 0.1) is 0 Å². The molecule has 66 valence electrons. The van der Waals surface area contributed by atoms with Crippen molar-refractivity contribution in [3.63, 3.8) is 0 Å². The lowest BCUT2D eigenvalue weighted by atomic mass is 10.4. The van der Waals surface area contributed by atoms with Crippen LogP contribution in [0.2, 0.25) is 0 Å². The Morgan fingerprint density at radius 1 is 1.58 bits per heavy atom.